The Labute approximate surface area is 145 Å². The molecule has 0 aliphatic carbocycles. The van der Waals surface area contributed by atoms with Gasteiger partial charge in [-0.2, -0.15) is 0 Å². The van der Waals surface area contributed by atoms with Crippen molar-refractivity contribution in [2.75, 3.05) is 11.1 Å². The summed E-state index contributed by atoms with van der Waals surface area (Å²) in [5.74, 6) is -0.966. The van der Waals surface area contributed by atoms with Crippen molar-refractivity contribution in [1.29, 1.82) is 0 Å². The van der Waals surface area contributed by atoms with Gasteiger partial charge in [-0.15, -0.1) is 0 Å². The summed E-state index contributed by atoms with van der Waals surface area (Å²) < 4.78 is 5.30. The van der Waals surface area contributed by atoms with Gasteiger partial charge in [0, 0.05) is 16.4 Å². The van der Waals surface area contributed by atoms with Crippen molar-refractivity contribution >= 4 is 34.9 Å². The van der Waals surface area contributed by atoms with Crippen LogP contribution in [-0.4, -0.2) is 18.0 Å². The van der Waals surface area contributed by atoms with E-state index in [2.05, 4.69) is 5.32 Å². The van der Waals surface area contributed by atoms with Gasteiger partial charge in [-0.3, -0.25) is 4.79 Å². The van der Waals surface area contributed by atoms with E-state index in [0.29, 0.717) is 28.4 Å². The molecule has 126 valence electrons. The molecule has 0 spiro atoms. The highest BCUT2D eigenvalue weighted by atomic mass is 35.5. The molecule has 0 aliphatic heterocycles. The third-order valence-corrected chi connectivity index (χ3v) is 3.75. The lowest BCUT2D eigenvalue weighted by molar-refractivity contribution is -0.124. The second-order valence-electron chi connectivity index (χ2n) is 5.37. The van der Waals surface area contributed by atoms with Crippen LogP contribution in [0, 0.1) is 6.92 Å². The van der Waals surface area contributed by atoms with Crippen LogP contribution in [0.1, 0.15) is 29.3 Å². The van der Waals surface area contributed by atoms with Crippen LogP contribution in [0.2, 0.25) is 5.02 Å². The van der Waals surface area contributed by atoms with Gasteiger partial charge in [0.1, 0.15) is 0 Å². The first-order chi connectivity index (χ1) is 11.4. The number of nitrogens with two attached hydrogens (primary N) is 1. The van der Waals surface area contributed by atoms with Crippen molar-refractivity contribution in [2.24, 2.45) is 0 Å². The Morgan fingerprint density at radius 1 is 1.21 bits per heavy atom. The maximum atomic E-state index is 12.4. The Balaban J connectivity index is 2.07. The topological polar surface area (TPSA) is 81.4 Å². The van der Waals surface area contributed by atoms with Gasteiger partial charge in [0.25, 0.3) is 5.91 Å². The Hall–Kier alpha value is -2.53. The molecule has 1 unspecified atom stereocenters. The van der Waals surface area contributed by atoms with Crippen LogP contribution in [0.25, 0.3) is 0 Å². The molecule has 3 N–H and O–H groups in total. The van der Waals surface area contributed by atoms with Crippen LogP contribution in [-0.2, 0) is 9.53 Å². The molecule has 0 saturated carbocycles. The smallest absolute Gasteiger partial charge is 0.338 e. The number of nitrogens with one attached hydrogen (secondary N) is 1. The highest BCUT2D eigenvalue weighted by Gasteiger charge is 2.22. The summed E-state index contributed by atoms with van der Waals surface area (Å²) in [7, 11) is 0. The lowest BCUT2D eigenvalue weighted by atomic mass is 10.1. The number of amides is 1. The number of anilines is 2. The predicted molar refractivity (Wildman–Crippen MR) is 95.2 cm³/mol. The van der Waals surface area contributed by atoms with Gasteiger partial charge < -0.3 is 15.8 Å². The maximum Gasteiger partial charge on any atom is 0.338 e. The van der Waals surface area contributed by atoms with Crippen molar-refractivity contribution in [2.45, 2.75) is 26.4 Å². The van der Waals surface area contributed by atoms with E-state index in [1.54, 1.807) is 49.4 Å². The summed E-state index contributed by atoms with van der Waals surface area (Å²) in [6.45, 7) is 3.62. The van der Waals surface area contributed by atoms with E-state index in [9.17, 15) is 9.59 Å². The van der Waals surface area contributed by atoms with E-state index in [-0.39, 0.29) is 0 Å². The first-order valence-corrected chi connectivity index (χ1v) is 7.92. The molecule has 1 amide bonds. The van der Waals surface area contributed by atoms with E-state index in [0.717, 1.165) is 5.56 Å². The highest BCUT2D eigenvalue weighted by Crippen LogP contribution is 2.21. The molecule has 0 aromatic heterocycles. The summed E-state index contributed by atoms with van der Waals surface area (Å²) >= 11 is 5.94. The third kappa shape index (κ3) is 4.49. The minimum Gasteiger partial charge on any atom is -0.449 e. The largest absolute Gasteiger partial charge is 0.449 e. The van der Waals surface area contributed by atoms with Crippen molar-refractivity contribution in [3.05, 3.63) is 58.6 Å². The zero-order valence-corrected chi connectivity index (χ0v) is 14.3. The number of carbonyl (C=O) groups excluding carboxylic acids is 2. The molecule has 0 heterocycles. The van der Waals surface area contributed by atoms with Crippen molar-refractivity contribution in [1.82, 2.24) is 0 Å². The quantitative estimate of drug-likeness (QED) is 0.637. The molecule has 0 saturated heterocycles. The van der Waals surface area contributed by atoms with Gasteiger partial charge in [-0.1, -0.05) is 24.6 Å². The molecule has 0 bridgehead atoms. The fourth-order valence-electron chi connectivity index (χ4n) is 2.08. The minimum atomic E-state index is -0.895. The predicted octanol–water partition coefficient (Wildman–Crippen LogP) is 3.80. The number of hydrogen-bond donors (Lipinski definition) is 2. The fraction of sp³-hybridized carbons (Fsp3) is 0.222. The fourth-order valence-corrected chi connectivity index (χ4v) is 2.25. The zero-order valence-electron chi connectivity index (χ0n) is 13.5. The maximum absolute atomic E-state index is 12.4. The molecule has 2 rings (SSSR count). The molecule has 0 aliphatic rings. The first kappa shape index (κ1) is 17.8. The molecule has 5 nitrogen and oxygen atoms in total. The van der Waals surface area contributed by atoms with E-state index in [4.69, 9.17) is 22.1 Å². The van der Waals surface area contributed by atoms with E-state index < -0.39 is 18.0 Å². The second kappa shape index (κ2) is 7.84. The molecule has 0 fully saturated rings. The van der Waals surface area contributed by atoms with Gasteiger partial charge in [-0.05, 0) is 55.3 Å². The van der Waals surface area contributed by atoms with Crippen LogP contribution < -0.4 is 11.1 Å². The summed E-state index contributed by atoms with van der Waals surface area (Å²) in [6, 6.07) is 11.5. The van der Waals surface area contributed by atoms with Gasteiger partial charge >= 0.3 is 5.97 Å². The normalized spacial score (nSPS) is 11.6. The van der Waals surface area contributed by atoms with Crippen LogP contribution in [0.15, 0.2) is 42.5 Å². The van der Waals surface area contributed by atoms with E-state index in [1.807, 2.05) is 6.92 Å². The molecule has 6 heteroatoms. The number of rotatable bonds is 5. The Bertz CT molecular complexity index is 744. The monoisotopic (exact) mass is 346 g/mol. The Morgan fingerprint density at radius 3 is 2.50 bits per heavy atom. The summed E-state index contributed by atoms with van der Waals surface area (Å²) in [6.07, 6.45) is -0.542. The van der Waals surface area contributed by atoms with Crippen LogP contribution in [0.3, 0.4) is 0 Å². The SMILES string of the molecule is CCC(OC(=O)c1ccc(N)cc1)C(=O)Nc1cc(Cl)ccc1C. The number of benzene rings is 2. The lowest BCUT2D eigenvalue weighted by Crippen LogP contribution is -2.32. The summed E-state index contributed by atoms with van der Waals surface area (Å²) in [5, 5.41) is 3.26. The number of carbonyl (C=O) groups is 2. The number of nitrogen functional groups attached to an aromatic ring is 1. The first-order valence-electron chi connectivity index (χ1n) is 7.54. The van der Waals surface area contributed by atoms with Gasteiger partial charge in [-0.25, -0.2) is 4.79 Å². The number of esters is 1. The van der Waals surface area contributed by atoms with Crippen LogP contribution in [0.4, 0.5) is 11.4 Å². The number of halogens is 1. The third-order valence-electron chi connectivity index (χ3n) is 3.52. The molecule has 0 radical (unpaired) electrons. The van der Waals surface area contributed by atoms with Gasteiger partial charge in [0.15, 0.2) is 6.10 Å². The molecular weight excluding hydrogens is 328 g/mol. The van der Waals surface area contributed by atoms with E-state index >= 15 is 0 Å². The molecule has 24 heavy (non-hydrogen) atoms. The van der Waals surface area contributed by atoms with Crippen molar-refractivity contribution in [3.8, 4) is 0 Å². The number of ether oxygens (including phenoxy) is 1. The zero-order chi connectivity index (χ0) is 17.7. The van der Waals surface area contributed by atoms with Crippen molar-refractivity contribution < 1.29 is 14.3 Å². The minimum absolute atomic E-state index is 0.342. The number of hydrogen-bond acceptors (Lipinski definition) is 4. The molecular formula is C18H19ClN2O3. The average molecular weight is 347 g/mol. The molecule has 2 aromatic rings. The molecule has 1 atom stereocenters. The summed E-state index contributed by atoms with van der Waals surface area (Å²) in [5.41, 5.74) is 7.94. The van der Waals surface area contributed by atoms with Gasteiger partial charge in [0.2, 0.25) is 0 Å². The standard InChI is InChI=1S/C18H19ClN2O3/c1-3-16(24-18(23)12-5-8-14(20)9-6-12)17(22)21-15-10-13(19)7-4-11(15)2/h4-10,16H,3,20H2,1-2H3,(H,21,22). The van der Waals surface area contributed by atoms with Crippen LogP contribution in [0.5, 0.6) is 0 Å². The highest BCUT2D eigenvalue weighted by molar-refractivity contribution is 6.31. The Kier molecular flexibility index (Phi) is 5.82. The lowest BCUT2D eigenvalue weighted by Gasteiger charge is -2.17. The number of aryl methyl sites for hydroxylation is 1. The van der Waals surface area contributed by atoms with Crippen molar-refractivity contribution in [3.63, 3.8) is 0 Å². The molecule has 2 aromatic carbocycles. The van der Waals surface area contributed by atoms with Gasteiger partial charge in [0.05, 0.1) is 5.56 Å². The second-order valence-corrected chi connectivity index (χ2v) is 5.81. The van der Waals surface area contributed by atoms with E-state index in [1.165, 1.54) is 0 Å². The average Bonchev–Trinajstić information content (AvgIpc) is 2.56. The summed E-state index contributed by atoms with van der Waals surface area (Å²) in [4.78, 5) is 24.5. The Morgan fingerprint density at radius 2 is 1.88 bits per heavy atom. The van der Waals surface area contributed by atoms with Crippen LogP contribution >= 0.6 is 11.6 Å².